The van der Waals surface area contributed by atoms with E-state index in [9.17, 15) is 4.79 Å². The molecule has 4 heteroatoms. The van der Waals surface area contributed by atoms with Crippen molar-refractivity contribution < 1.29 is 9.53 Å². The molecule has 0 aromatic rings. The van der Waals surface area contributed by atoms with Gasteiger partial charge in [-0.2, -0.15) is 0 Å². The van der Waals surface area contributed by atoms with E-state index in [0.717, 1.165) is 25.0 Å². The maximum Gasteiger partial charge on any atom is 0.410 e. The average molecular weight is 226 g/mol. The van der Waals surface area contributed by atoms with Crippen LogP contribution < -0.4 is 5.73 Å². The molecule has 1 aliphatic rings. The summed E-state index contributed by atoms with van der Waals surface area (Å²) in [6.45, 7) is 10.7. The van der Waals surface area contributed by atoms with Gasteiger partial charge in [0.25, 0.3) is 0 Å². The number of hydrogen-bond donors (Lipinski definition) is 1. The number of nitrogens with two attached hydrogens (primary N) is 1. The Bertz CT molecular complexity index is 281. The van der Waals surface area contributed by atoms with Crippen LogP contribution in [0.3, 0.4) is 0 Å². The SMILES string of the molecule is C=C(CN)C1CCCN1C(=O)OC(C)(C)C. The summed E-state index contributed by atoms with van der Waals surface area (Å²) in [5.41, 5.74) is 6.02. The van der Waals surface area contributed by atoms with Crippen molar-refractivity contribution in [2.45, 2.75) is 45.3 Å². The first-order valence-corrected chi connectivity index (χ1v) is 5.72. The van der Waals surface area contributed by atoms with Gasteiger partial charge >= 0.3 is 6.09 Å². The highest BCUT2D eigenvalue weighted by Crippen LogP contribution is 2.24. The minimum Gasteiger partial charge on any atom is -0.444 e. The number of likely N-dealkylation sites (tertiary alicyclic amines) is 1. The highest BCUT2D eigenvalue weighted by Gasteiger charge is 2.32. The maximum atomic E-state index is 11.9. The van der Waals surface area contributed by atoms with Crippen LogP contribution in [0, 0.1) is 0 Å². The normalized spacial score (nSPS) is 21.0. The number of carbonyl (C=O) groups is 1. The molecule has 0 spiro atoms. The number of amides is 1. The van der Waals surface area contributed by atoms with Gasteiger partial charge in [-0.15, -0.1) is 0 Å². The third kappa shape index (κ3) is 3.23. The first kappa shape index (κ1) is 13.0. The molecule has 1 amide bonds. The minimum absolute atomic E-state index is 0.0554. The monoisotopic (exact) mass is 226 g/mol. The lowest BCUT2D eigenvalue weighted by Gasteiger charge is -2.29. The Balaban J connectivity index is 2.65. The molecule has 1 atom stereocenters. The van der Waals surface area contributed by atoms with E-state index in [0.29, 0.717) is 6.54 Å². The topological polar surface area (TPSA) is 55.6 Å². The van der Waals surface area contributed by atoms with Gasteiger partial charge in [0.2, 0.25) is 0 Å². The van der Waals surface area contributed by atoms with Crippen molar-refractivity contribution in [1.29, 1.82) is 0 Å². The number of hydrogen-bond acceptors (Lipinski definition) is 3. The highest BCUT2D eigenvalue weighted by molar-refractivity contribution is 5.69. The van der Waals surface area contributed by atoms with E-state index < -0.39 is 5.60 Å². The van der Waals surface area contributed by atoms with Gasteiger partial charge in [-0.05, 0) is 39.2 Å². The number of nitrogens with zero attached hydrogens (tertiary/aromatic N) is 1. The first-order valence-electron chi connectivity index (χ1n) is 5.72. The van der Waals surface area contributed by atoms with Crippen LogP contribution in [0.25, 0.3) is 0 Å². The van der Waals surface area contributed by atoms with E-state index in [-0.39, 0.29) is 12.1 Å². The summed E-state index contributed by atoms with van der Waals surface area (Å²) in [6.07, 6.45) is 1.67. The van der Waals surface area contributed by atoms with Crippen LogP contribution in [0.5, 0.6) is 0 Å². The third-order valence-electron chi connectivity index (χ3n) is 2.61. The van der Waals surface area contributed by atoms with Crippen LogP contribution in [0.15, 0.2) is 12.2 Å². The zero-order chi connectivity index (χ0) is 12.3. The Kier molecular flexibility index (Phi) is 3.97. The zero-order valence-electron chi connectivity index (χ0n) is 10.5. The summed E-state index contributed by atoms with van der Waals surface area (Å²) in [5, 5.41) is 0. The molecule has 0 radical (unpaired) electrons. The molecule has 1 aliphatic heterocycles. The van der Waals surface area contributed by atoms with Gasteiger partial charge in [-0.25, -0.2) is 4.79 Å². The zero-order valence-corrected chi connectivity index (χ0v) is 10.5. The van der Waals surface area contributed by atoms with Gasteiger partial charge < -0.3 is 15.4 Å². The van der Waals surface area contributed by atoms with Crippen LogP contribution in [0.1, 0.15) is 33.6 Å². The second-order valence-electron chi connectivity index (χ2n) is 5.19. The maximum absolute atomic E-state index is 11.9. The minimum atomic E-state index is -0.450. The molecule has 4 nitrogen and oxygen atoms in total. The molecule has 0 aromatic carbocycles. The second-order valence-corrected chi connectivity index (χ2v) is 5.19. The number of rotatable bonds is 2. The van der Waals surface area contributed by atoms with E-state index >= 15 is 0 Å². The summed E-state index contributed by atoms with van der Waals surface area (Å²) in [6, 6.07) is 0.0554. The summed E-state index contributed by atoms with van der Waals surface area (Å²) < 4.78 is 5.35. The standard InChI is InChI=1S/C12H22N2O2/c1-9(8-13)10-6-5-7-14(10)11(15)16-12(2,3)4/h10H,1,5-8,13H2,2-4H3. The van der Waals surface area contributed by atoms with Crippen molar-refractivity contribution in [2.24, 2.45) is 5.73 Å². The van der Waals surface area contributed by atoms with Crippen molar-refractivity contribution in [3.63, 3.8) is 0 Å². The van der Waals surface area contributed by atoms with E-state index in [1.807, 2.05) is 20.8 Å². The molecule has 16 heavy (non-hydrogen) atoms. The van der Waals surface area contributed by atoms with Crippen molar-refractivity contribution in [2.75, 3.05) is 13.1 Å². The van der Waals surface area contributed by atoms with Crippen LogP contribution >= 0.6 is 0 Å². The Labute approximate surface area is 97.4 Å². The molecule has 1 fully saturated rings. The molecular formula is C12H22N2O2. The lowest BCUT2D eigenvalue weighted by molar-refractivity contribution is 0.0249. The van der Waals surface area contributed by atoms with Crippen molar-refractivity contribution >= 4 is 6.09 Å². The van der Waals surface area contributed by atoms with Gasteiger partial charge in [0.15, 0.2) is 0 Å². The van der Waals surface area contributed by atoms with Crippen LogP contribution in [-0.2, 0) is 4.74 Å². The molecule has 92 valence electrons. The Morgan fingerprint density at radius 3 is 2.69 bits per heavy atom. The van der Waals surface area contributed by atoms with Crippen LogP contribution in [0.2, 0.25) is 0 Å². The molecule has 1 unspecified atom stereocenters. The highest BCUT2D eigenvalue weighted by atomic mass is 16.6. The molecule has 0 aliphatic carbocycles. The fraction of sp³-hybridized carbons (Fsp3) is 0.750. The largest absolute Gasteiger partial charge is 0.444 e. The first-order chi connectivity index (χ1) is 7.35. The predicted octanol–water partition coefficient (Wildman–Crippen LogP) is 1.90. The fourth-order valence-electron chi connectivity index (χ4n) is 1.87. The summed E-state index contributed by atoms with van der Waals surface area (Å²) in [4.78, 5) is 13.7. The summed E-state index contributed by atoms with van der Waals surface area (Å²) in [7, 11) is 0. The Hall–Kier alpha value is -1.03. The van der Waals surface area contributed by atoms with Gasteiger partial charge in [-0.1, -0.05) is 6.58 Å². The van der Waals surface area contributed by atoms with E-state index in [1.54, 1.807) is 4.90 Å². The average Bonchev–Trinajstić information content (AvgIpc) is 2.62. The second kappa shape index (κ2) is 4.87. The van der Waals surface area contributed by atoms with Crippen molar-refractivity contribution in [3.05, 3.63) is 12.2 Å². The summed E-state index contributed by atoms with van der Waals surface area (Å²) in [5.74, 6) is 0. The quantitative estimate of drug-likeness (QED) is 0.732. The molecule has 0 bridgehead atoms. The molecule has 2 N–H and O–H groups in total. The van der Waals surface area contributed by atoms with E-state index in [1.165, 1.54) is 0 Å². The van der Waals surface area contributed by atoms with Crippen molar-refractivity contribution in [3.8, 4) is 0 Å². The van der Waals surface area contributed by atoms with E-state index in [4.69, 9.17) is 10.5 Å². The molecule has 0 saturated carbocycles. The van der Waals surface area contributed by atoms with E-state index in [2.05, 4.69) is 6.58 Å². The van der Waals surface area contributed by atoms with Gasteiger partial charge in [0.1, 0.15) is 5.60 Å². The Morgan fingerprint density at radius 2 is 2.19 bits per heavy atom. The molecular weight excluding hydrogens is 204 g/mol. The van der Waals surface area contributed by atoms with Crippen LogP contribution in [0.4, 0.5) is 4.79 Å². The lowest BCUT2D eigenvalue weighted by Crippen LogP contribution is -2.41. The van der Waals surface area contributed by atoms with Crippen molar-refractivity contribution in [1.82, 2.24) is 4.90 Å². The summed E-state index contributed by atoms with van der Waals surface area (Å²) >= 11 is 0. The smallest absolute Gasteiger partial charge is 0.410 e. The number of carbonyl (C=O) groups excluding carboxylic acids is 1. The molecule has 1 heterocycles. The van der Waals surface area contributed by atoms with Gasteiger partial charge in [0.05, 0.1) is 6.04 Å². The molecule has 1 saturated heterocycles. The number of ether oxygens (including phenoxy) is 1. The van der Waals surface area contributed by atoms with Gasteiger partial charge in [-0.3, -0.25) is 0 Å². The molecule has 0 aromatic heterocycles. The van der Waals surface area contributed by atoms with Crippen LogP contribution in [-0.4, -0.2) is 35.7 Å². The Morgan fingerprint density at radius 1 is 1.56 bits per heavy atom. The lowest BCUT2D eigenvalue weighted by atomic mass is 10.1. The predicted molar refractivity (Wildman–Crippen MR) is 64.2 cm³/mol. The molecule has 1 rings (SSSR count). The van der Waals surface area contributed by atoms with Gasteiger partial charge in [0, 0.05) is 13.1 Å². The third-order valence-corrected chi connectivity index (χ3v) is 2.61. The fourth-order valence-corrected chi connectivity index (χ4v) is 1.87.